The van der Waals surface area contributed by atoms with Crippen molar-refractivity contribution in [1.29, 1.82) is 0 Å². The predicted octanol–water partition coefficient (Wildman–Crippen LogP) is 2.82. The van der Waals surface area contributed by atoms with Gasteiger partial charge in [-0.1, -0.05) is 28.1 Å². The van der Waals surface area contributed by atoms with Crippen molar-refractivity contribution in [2.45, 2.75) is 31.1 Å². The number of benzene rings is 1. The molecule has 0 amide bonds. The number of halogens is 1. The Morgan fingerprint density at radius 2 is 1.75 bits per heavy atom. The van der Waals surface area contributed by atoms with Gasteiger partial charge in [-0.15, -0.1) is 0 Å². The van der Waals surface area contributed by atoms with Crippen LogP contribution < -0.4 is 0 Å². The summed E-state index contributed by atoms with van der Waals surface area (Å²) in [6.45, 7) is 0.127. The summed E-state index contributed by atoms with van der Waals surface area (Å²) < 4.78 is 1.04. The van der Waals surface area contributed by atoms with Crippen molar-refractivity contribution in [1.82, 2.24) is 0 Å². The second kappa shape index (κ2) is 4.68. The van der Waals surface area contributed by atoms with E-state index in [-0.39, 0.29) is 12.0 Å². The van der Waals surface area contributed by atoms with Crippen molar-refractivity contribution < 1.29 is 9.90 Å². The van der Waals surface area contributed by atoms with Crippen LogP contribution in [-0.4, -0.2) is 17.5 Å². The molecule has 2 nitrogen and oxygen atoms in total. The summed E-state index contributed by atoms with van der Waals surface area (Å²) in [5.74, 6) is 0.321. The van der Waals surface area contributed by atoms with Gasteiger partial charge in [-0.05, 0) is 30.5 Å². The molecule has 2 rings (SSSR count). The molecule has 0 aromatic heterocycles. The van der Waals surface area contributed by atoms with Gasteiger partial charge in [-0.25, -0.2) is 0 Å². The van der Waals surface area contributed by atoms with Crippen LogP contribution in [0.25, 0.3) is 0 Å². The first kappa shape index (κ1) is 11.8. The highest BCUT2D eigenvalue weighted by Gasteiger charge is 2.35. The summed E-state index contributed by atoms with van der Waals surface area (Å²) in [5.41, 5.74) is 0.944. The van der Waals surface area contributed by atoms with Crippen molar-refractivity contribution in [2.24, 2.45) is 0 Å². The molecule has 3 heteroatoms. The molecule has 0 unspecified atom stereocenters. The summed E-state index contributed by atoms with van der Waals surface area (Å²) in [5, 5.41) is 9.63. The molecule has 1 fully saturated rings. The minimum absolute atomic E-state index is 0.127. The molecule has 0 aliphatic heterocycles. The second-order valence-electron chi connectivity index (χ2n) is 4.48. The van der Waals surface area contributed by atoms with Gasteiger partial charge in [0.1, 0.15) is 5.78 Å². The molecule has 1 aromatic rings. The van der Waals surface area contributed by atoms with Crippen LogP contribution in [-0.2, 0) is 10.2 Å². The Morgan fingerprint density at radius 3 is 2.25 bits per heavy atom. The summed E-state index contributed by atoms with van der Waals surface area (Å²) >= 11 is 3.40. The van der Waals surface area contributed by atoms with Crippen LogP contribution in [0.4, 0.5) is 0 Å². The zero-order chi connectivity index (χ0) is 11.6. The number of hydrogen-bond donors (Lipinski definition) is 1. The van der Waals surface area contributed by atoms with Gasteiger partial charge in [0.05, 0.1) is 6.61 Å². The number of carbonyl (C=O) groups excluding carboxylic acids is 1. The van der Waals surface area contributed by atoms with E-state index in [0.717, 1.165) is 22.9 Å². The third-order valence-electron chi connectivity index (χ3n) is 3.52. The lowest BCUT2D eigenvalue weighted by molar-refractivity contribution is -0.121. The van der Waals surface area contributed by atoms with Crippen LogP contribution in [0.3, 0.4) is 0 Å². The van der Waals surface area contributed by atoms with Crippen molar-refractivity contribution in [3.63, 3.8) is 0 Å². The number of carbonyl (C=O) groups is 1. The van der Waals surface area contributed by atoms with Gasteiger partial charge in [0.2, 0.25) is 0 Å². The Bertz CT molecular complexity index is 373. The molecule has 0 heterocycles. The summed E-state index contributed by atoms with van der Waals surface area (Å²) in [7, 11) is 0. The van der Waals surface area contributed by atoms with E-state index in [1.54, 1.807) is 0 Å². The maximum Gasteiger partial charge on any atom is 0.132 e. The summed E-state index contributed by atoms with van der Waals surface area (Å²) in [6.07, 6.45) is 2.72. The van der Waals surface area contributed by atoms with Crippen LogP contribution >= 0.6 is 15.9 Å². The Morgan fingerprint density at radius 1 is 1.19 bits per heavy atom. The van der Waals surface area contributed by atoms with Crippen molar-refractivity contribution in [3.8, 4) is 0 Å². The normalized spacial score (nSPS) is 19.8. The van der Waals surface area contributed by atoms with Crippen LogP contribution in [0, 0.1) is 0 Å². The molecule has 0 spiro atoms. The fourth-order valence-corrected chi connectivity index (χ4v) is 2.61. The predicted molar refractivity (Wildman–Crippen MR) is 66.4 cm³/mol. The molecule has 1 aliphatic rings. The fourth-order valence-electron chi connectivity index (χ4n) is 2.35. The molecular formula is C13H15BrO2. The van der Waals surface area contributed by atoms with Crippen molar-refractivity contribution >= 4 is 21.7 Å². The zero-order valence-corrected chi connectivity index (χ0v) is 10.7. The van der Waals surface area contributed by atoms with Gasteiger partial charge < -0.3 is 5.11 Å². The average molecular weight is 283 g/mol. The van der Waals surface area contributed by atoms with Gasteiger partial charge in [-0.2, -0.15) is 0 Å². The number of aliphatic hydroxyl groups excluding tert-OH is 1. The molecule has 0 saturated heterocycles. The molecule has 1 N–H and O–H groups in total. The number of ketones is 1. The Hall–Kier alpha value is -0.670. The molecule has 0 bridgehead atoms. The maximum atomic E-state index is 11.3. The molecule has 0 atom stereocenters. The van der Waals surface area contributed by atoms with Crippen molar-refractivity contribution in [2.75, 3.05) is 6.61 Å². The highest BCUT2D eigenvalue weighted by molar-refractivity contribution is 9.10. The average Bonchev–Trinajstić information content (AvgIpc) is 2.32. The molecule has 1 aromatic carbocycles. The molecule has 1 aliphatic carbocycles. The van der Waals surface area contributed by atoms with E-state index >= 15 is 0 Å². The monoisotopic (exact) mass is 282 g/mol. The molecular weight excluding hydrogens is 268 g/mol. The first-order valence-corrected chi connectivity index (χ1v) is 6.34. The van der Waals surface area contributed by atoms with Gasteiger partial charge in [0.15, 0.2) is 0 Å². The quantitative estimate of drug-likeness (QED) is 0.906. The molecule has 16 heavy (non-hydrogen) atoms. The Balaban J connectivity index is 2.27. The standard InChI is InChI=1S/C13H15BrO2/c14-11-3-1-10(2-4-11)13(9-15)7-5-12(16)6-8-13/h1-4,15H,5-9H2. The second-order valence-corrected chi connectivity index (χ2v) is 5.40. The Labute approximate surface area is 104 Å². The van der Waals surface area contributed by atoms with Gasteiger partial charge in [0.25, 0.3) is 0 Å². The van der Waals surface area contributed by atoms with Crippen LogP contribution in [0.5, 0.6) is 0 Å². The van der Waals surface area contributed by atoms with E-state index < -0.39 is 0 Å². The van der Waals surface area contributed by atoms with E-state index in [9.17, 15) is 9.90 Å². The van der Waals surface area contributed by atoms with Crippen molar-refractivity contribution in [3.05, 3.63) is 34.3 Å². The third-order valence-corrected chi connectivity index (χ3v) is 4.05. The van der Waals surface area contributed by atoms with Crippen LogP contribution in [0.1, 0.15) is 31.2 Å². The van der Waals surface area contributed by atoms with E-state index in [2.05, 4.69) is 15.9 Å². The summed E-state index contributed by atoms with van der Waals surface area (Å²) in [6, 6.07) is 8.05. The first-order valence-electron chi connectivity index (χ1n) is 5.55. The van der Waals surface area contributed by atoms with E-state index in [1.165, 1.54) is 0 Å². The molecule has 1 saturated carbocycles. The number of aliphatic hydroxyl groups is 1. The smallest absolute Gasteiger partial charge is 0.132 e. The maximum absolute atomic E-state index is 11.3. The molecule has 0 radical (unpaired) electrons. The lowest BCUT2D eigenvalue weighted by atomic mass is 9.70. The largest absolute Gasteiger partial charge is 0.395 e. The van der Waals surface area contributed by atoms with E-state index in [0.29, 0.717) is 18.6 Å². The topological polar surface area (TPSA) is 37.3 Å². The van der Waals surface area contributed by atoms with Gasteiger partial charge in [-0.3, -0.25) is 4.79 Å². The van der Waals surface area contributed by atoms with E-state index in [1.807, 2.05) is 24.3 Å². The molecule has 86 valence electrons. The zero-order valence-electron chi connectivity index (χ0n) is 9.08. The number of hydrogen-bond acceptors (Lipinski definition) is 2. The fraction of sp³-hybridized carbons (Fsp3) is 0.462. The lowest BCUT2D eigenvalue weighted by Gasteiger charge is -2.35. The minimum Gasteiger partial charge on any atom is -0.395 e. The van der Waals surface area contributed by atoms with Gasteiger partial charge in [0, 0.05) is 22.7 Å². The SMILES string of the molecule is O=C1CCC(CO)(c2ccc(Br)cc2)CC1. The number of rotatable bonds is 2. The third kappa shape index (κ3) is 2.20. The highest BCUT2D eigenvalue weighted by atomic mass is 79.9. The van der Waals surface area contributed by atoms with Crippen LogP contribution in [0.2, 0.25) is 0 Å². The van der Waals surface area contributed by atoms with E-state index in [4.69, 9.17) is 0 Å². The van der Waals surface area contributed by atoms with Crippen LogP contribution in [0.15, 0.2) is 28.7 Å². The summed E-state index contributed by atoms with van der Waals surface area (Å²) in [4.78, 5) is 11.3. The first-order chi connectivity index (χ1) is 7.66. The minimum atomic E-state index is -0.200. The van der Waals surface area contributed by atoms with Gasteiger partial charge >= 0.3 is 0 Å². The number of Topliss-reactive ketones (excluding diaryl/α,β-unsaturated/α-hetero) is 1. The highest BCUT2D eigenvalue weighted by Crippen LogP contribution is 2.38. The Kier molecular flexibility index (Phi) is 3.45. The lowest BCUT2D eigenvalue weighted by Crippen LogP contribution is -2.35.